The highest BCUT2D eigenvalue weighted by Gasteiger charge is 2.42. The molecule has 6 heteroatoms. The highest BCUT2D eigenvalue weighted by Crippen LogP contribution is 2.44. The summed E-state index contributed by atoms with van der Waals surface area (Å²) in [5, 5.41) is 5.06. The molecule has 0 amide bonds. The lowest BCUT2D eigenvalue weighted by atomic mass is 9.96. The van der Waals surface area contributed by atoms with Crippen molar-refractivity contribution in [2.75, 3.05) is 4.90 Å². The van der Waals surface area contributed by atoms with Crippen molar-refractivity contribution in [1.29, 1.82) is 0 Å². The summed E-state index contributed by atoms with van der Waals surface area (Å²) < 4.78 is 2.30. The SMILES string of the molecule is Cc1ccc(N2C(=S)NC(c3ccccn3)C2c2cc(C)n(-c3cccc(Cl)c3C)c2C)cc1C. The van der Waals surface area contributed by atoms with E-state index < -0.39 is 0 Å². The summed E-state index contributed by atoms with van der Waals surface area (Å²) in [6.45, 7) is 10.7. The zero-order valence-corrected chi connectivity index (χ0v) is 22.2. The van der Waals surface area contributed by atoms with Crippen LogP contribution in [0.4, 0.5) is 5.69 Å². The number of anilines is 1. The minimum absolute atomic E-state index is 0.0565. The lowest BCUT2D eigenvalue weighted by Gasteiger charge is -2.28. The van der Waals surface area contributed by atoms with Crippen LogP contribution >= 0.6 is 23.8 Å². The third kappa shape index (κ3) is 4.03. The van der Waals surface area contributed by atoms with E-state index in [0.29, 0.717) is 5.11 Å². The Hall–Kier alpha value is -3.15. The molecule has 1 fully saturated rings. The van der Waals surface area contributed by atoms with E-state index in [2.05, 4.69) is 85.8 Å². The molecule has 1 saturated heterocycles. The first-order valence-corrected chi connectivity index (χ1v) is 12.6. The van der Waals surface area contributed by atoms with Crippen molar-refractivity contribution in [2.24, 2.45) is 0 Å². The third-order valence-electron chi connectivity index (χ3n) is 7.14. The van der Waals surface area contributed by atoms with Crippen LogP contribution < -0.4 is 10.2 Å². The van der Waals surface area contributed by atoms with Crippen LogP contribution in [0.25, 0.3) is 5.69 Å². The molecule has 2 unspecified atom stereocenters. The number of pyridine rings is 1. The molecule has 2 aromatic carbocycles. The monoisotopic (exact) mass is 500 g/mol. The number of halogens is 1. The maximum absolute atomic E-state index is 6.50. The molecule has 0 saturated carbocycles. The van der Waals surface area contributed by atoms with Gasteiger partial charge in [0, 0.05) is 34.0 Å². The van der Waals surface area contributed by atoms with E-state index in [1.807, 2.05) is 30.5 Å². The van der Waals surface area contributed by atoms with E-state index in [-0.39, 0.29) is 12.1 Å². The molecule has 4 aromatic rings. The number of thiocarbonyl (C=S) groups is 1. The van der Waals surface area contributed by atoms with Gasteiger partial charge in [-0.05, 0) is 112 Å². The van der Waals surface area contributed by atoms with Crippen LogP contribution in [-0.2, 0) is 0 Å². The fraction of sp³-hybridized carbons (Fsp3) is 0.241. The smallest absolute Gasteiger partial charge is 0.174 e. The summed E-state index contributed by atoms with van der Waals surface area (Å²) in [5.74, 6) is 0. The zero-order valence-electron chi connectivity index (χ0n) is 20.6. The van der Waals surface area contributed by atoms with Crippen LogP contribution in [0.1, 0.15) is 51.4 Å². The molecule has 35 heavy (non-hydrogen) atoms. The summed E-state index contributed by atoms with van der Waals surface area (Å²) in [4.78, 5) is 6.95. The second-order valence-electron chi connectivity index (χ2n) is 9.31. The van der Waals surface area contributed by atoms with Crippen LogP contribution in [0.3, 0.4) is 0 Å². The van der Waals surface area contributed by atoms with Gasteiger partial charge >= 0.3 is 0 Å². The Morgan fingerprint density at radius 2 is 1.71 bits per heavy atom. The molecule has 4 nitrogen and oxygen atoms in total. The van der Waals surface area contributed by atoms with Gasteiger partial charge in [-0.25, -0.2) is 0 Å². The highest BCUT2D eigenvalue weighted by atomic mass is 35.5. The van der Waals surface area contributed by atoms with Gasteiger partial charge in [-0.15, -0.1) is 0 Å². The van der Waals surface area contributed by atoms with Crippen molar-refractivity contribution in [3.05, 3.63) is 111 Å². The second-order valence-corrected chi connectivity index (χ2v) is 10.1. The minimum Gasteiger partial charge on any atom is -0.351 e. The number of nitrogens with one attached hydrogen (secondary N) is 1. The van der Waals surface area contributed by atoms with Crippen molar-refractivity contribution in [2.45, 2.75) is 46.7 Å². The summed E-state index contributed by atoms with van der Waals surface area (Å²) >= 11 is 12.4. The molecule has 5 rings (SSSR count). The number of hydrogen-bond donors (Lipinski definition) is 1. The largest absolute Gasteiger partial charge is 0.351 e. The number of aryl methyl sites for hydroxylation is 3. The Morgan fingerprint density at radius 1 is 0.914 bits per heavy atom. The molecule has 1 aliphatic rings. The molecule has 0 aliphatic carbocycles. The zero-order chi connectivity index (χ0) is 24.9. The van der Waals surface area contributed by atoms with Crippen molar-refractivity contribution in [1.82, 2.24) is 14.9 Å². The van der Waals surface area contributed by atoms with Crippen molar-refractivity contribution in [3.8, 4) is 5.69 Å². The molecule has 2 aromatic heterocycles. The summed E-state index contributed by atoms with van der Waals surface area (Å²) in [6.07, 6.45) is 1.84. The number of nitrogens with zero attached hydrogens (tertiary/aromatic N) is 3. The van der Waals surface area contributed by atoms with E-state index in [4.69, 9.17) is 28.8 Å². The fourth-order valence-electron chi connectivity index (χ4n) is 5.12. The van der Waals surface area contributed by atoms with Gasteiger partial charge < -0.3 is 14.8 Å². The van der Waals surface area contributed by atoms with Crippen LogP contribution in [0.2, 0.25) is 5.02 Å². The van der Waals surface area contributed by atoms with Crippen LogP contribution in [-0.4, -0.2) is 14.7 Å². The van der Waals surface area contributed by atoms with Gasteiger partial charge in [0.25, 0.3) is 0 Å². The topological polar surface area (TPSA) is 33.1 Å². The Bertz CT molecular complexity index is 1430. The summed E-state index contributed by atoms with van der Waals surface area (Å²) in [6, 6.07) is 20.8. The van der Waals surface area contributed by atoms with Gasteiger partial charge in [-0.1, -0.05) is 29.8 Å². The Kier molecular flexibility index (Phi) is 6.16. The van der Waals surface area contributed by atoms with Gasteiger partial charge in [-0.3, -0.25) is 4.98 Å². The van der Waals surface area contributed by atoms with Gasteiger partial charge in [0.2, 0.25) is 0 Å². The normalized spacial score (nSPS) is 17.7. The molecular formula is C29H29ClN4S. The average molecular weight is 501 g/mol. The maximum Gasteiger partial charge on any atom is 0.174 e. The second kappa shape index (κ2) is 9.14. The molecule has 1 N–H and O–H groups in total. The number of rotatable bonds is 4. The van der Waals surface area contributed by atoms with Crippen molar-refractivity contribution < 1.29 is 0 Å². The van der Waals surface area contributed by atoms with E-state index in [9.17, 15) is 0 Å². The first-order chi connectivity index (χ1) is 16.8. The Morgan fingerprint density at radius 3 is 2.43 bits per heavy atom. The molecule has 0 radical (unpaired) electrons. The number of hydrogen-bond acceptors (Lipinski definition) is 2. The lowest BCUT2D eigenvalue weighted by molar-refractivity contribution is 0.565. The highest BCUT2D eigenvalue weighted by molar-refractivity contribution is 7.80. The van der Waals surface area contributed by atoms with Crippen LogP contribution in [0.15, 0.2) is 66.9 Å². The quantitative estimate of drug-likeness (QED) is 0.299. The number of aromatic nitrogens is 2. The standard InChI is InChI=1S/C29H29ClN4S/c1-17-12-13-22(15-18(17)2)34-28(27(32-29(34)35)25-10-6-7-14-31-25)23-16-19(3)33(21(23)5)26-11-8-9-24(30)20(26)4/h6-16,27-28H,1-5H3,(H,32,35). The first-order valence-electron chi connectivity index (χ1n) is 11.8. The first kappa shape index (κ1) is 23.6. The maximum atomic E-state index is 6.50. The van der Waals surface area contributed by atoms with Gasteiger partial charge in [-0.2, -0.15) is 0 Å². The summed E-state index contributed by atoms with van der Waals surface area (Å²) in [5.41, 5.74) is 10.2. The van der Waals surface area contributed by atoms with E-state index in [1.165, 1.54) is 22.4 Å². The number of benzene rings is 2. The molecule has 0 bridgehead atoms. The minimum atomic E-state index is -0.0836. The third-order valence-corrected chi connectivity index (χ3v) is 7.86. The fourth-order valence-corrected chi connectivity index (χ4v) is 5.64. The van der Waals surface area contributed by atoms with Crippen LogP contribution in [0.5, 0.6) is 0 Å². The van der Waals surface area contributed by atoms with Gasteiger partial charge in [0.05, 0.1) is 17.8 Å². The molecule has 0 spiro atoms. The van der Waals surface area contributed by atoms with Gasteiger partial charge in [0.1, 0.15) is 0 Å². The van der Waals surface area contributed by atoms with Gasteiger partial charge in [0.15, 0.2) is 5.11 Å². The summed E-state index contributed by atoms with van der Waals surface area (Å²) in [7, 11) is 0. The van der Waals surface area contributed by atoms with Crippen molar-refractivity contribution >= 4 is 34.6 Å². The molecular weight excluding hydrogens is 472 g/mol. The molecule has 178 valence electrons. The van der Waals surface area contributed by atoms with Crippen molar-refractivity contribution in [3.63, 3.8) is 0 Å². The Balaban J connectivity index is 1.71. The van der Waals surface area contributed by atoms with Crippen LogP contribution in [0, 0.1) is 34.6 Å². The van der Waals surface area contributed by atoms with E-state index in [1.54, 1.807) is 0 Å². The predicted molar refractivity (Wildman–Crippen MR) is 149 cm³/mol. The molecule has 2 atom stereocenters. The molecule has 3 heterocycles. The Labute approximate surface area is 217 Å². The average Bonchev–Trinajstić information content (AvgIpc) is 3.33. The molecule has 1 aliphatic heterocycles. The van der Waals surface area contributed by atoms with E-state index >= 15 is 0 Å². The lowest BCUT2D eigenvalue weighted by Crippen LogP contribution is -2.29. The van der Waals surface area contributed by atoms with E-state index in [0.717, 1.165) is 33.3 Å². The predicted octanol–water partition coefficient (Wildman–Crippen LogP) is 7.24.